The van der Waals surface area contributed by atoms with E-state index in [0.29, 0.717) is 31.6 Å². The van der Waals surface area contributed by atoms with E-state index in [0.717, 1.165) is 115 Å². The Morgan fingerprint density at radius 2 is 0.554 bits per heavy atom. The van der Waals surface area contributed by atoms with Gasteiger partial charge in [0.1, 0.15) is 19.3 Å². The van der Waals surface area contributed by atoms with E-state index < -0.39 is 97.5 Å². The zero-order valence-electron chi connectivity index (χ0n) is 53.6. The summed E-state index contributed by atoms with van der Waals surface area (Å²) in [6, 6.07) is 0. The van der Waals surface area contributed by atoms with Crippen LogP contribution in [-0.2, 0) is 65.4 Å². The van der Waals surface area contributed by atoms with Crippen LogP contribution in [0.1, 0.15) is 312 Å². The number of esters is 4. The minimum Gasteiger partial charge on any atom is -0.462 e. The minimum atomic E-state index is -4.95. The summed E-state index contributed by atoms with van der Waals surface area (Å²) in [4.78, 5) is 72.1. The van der Waals surface area contributed by atoms with Crippen molar-refractivity contribution in [3.8, 4) is 0 Å². The quantitative estimate of drug-likeness (QED) is 0.0222. The Morgan fingerprint density at radius 1 is 0.325 bits per heavy atom. The number of aliphatic hydroxyl groups is 1. The fourth-order valence-electron chi connectivity index (χ4n) is 9.48. The van der Waals surface area contributed by atoms with Gasteiger partial charge < -0.3 is 33.8 Å². The third-order valence-electron chi connectivity index (χ3n) is 14.6. The van der Waals surface area contributed by atoms with Gasteiger partial charge in [0.05, 0.1) is 26.4 Å². The molecule has 2 unspecified atom stereocenters. The van der Waals surface area contributed by atoms with Crippen molar-refractivity contribution in [3.63, 3.8) is 0 Å². The smallest absolute Gasteiger partial charge is 0.462 e. The lowest BCUT2D eigenvalue weighted by molar-refractivity contribution is -0.161. The summed E-state index contributed by atoms with van der Waals surface area (Å²) in [6.07, 6.45) is 36.5. The van der Waals surface area contributed by atoms with Crippen molar-refractivity contribution in [1.29, 1.82) is 0 Å². The molecule has 0 rings (SSSR count). The number of phosphoric acid groups is 2. The second kappa shape index (κ2) is 55.4. The van der Waals surface area contributed by atoms with E-state index in [-0.39, 0.29) is 25.7 Å². The van der Waals surface area contributed by atoms with E-state index in [2.05, 4.69) is 48.5 Å². The van der Waals surface area contributed by atoms with Gasteiger partial charge in [-0.15, -0.1) is 0 Å². The van der Waals surface area contributed by atoms with Crippen LogP contribution in [0.5, 0.6) is 0 Å². The maximum absolute atomic E-state index is 13.0. The summed E-state index contributed by atoms with van der Waals surface area (Å²) in [5.74, 6) is 0.0467. The molecular weight excluding hydrogens is 1100 g/mol. The Hall–Kier alpha value is -1.94. The van der Waals surface area contributed by atoms with Crippen molar-refractivity contribution >= 4 is 39.5 Å². The van der Waals surface area contributed by atoms with E-state index in [9.17, 15) is 43.2 Å². The summed E-state index contributed by atoms with van der Waals surface area (Å²) < 4.78 is 67.9. The predicted molar refractivity (Wildman–Crippen MR) is 331 cm³/mol. The van der Waals surface area contributed by atoms with Crippen molar-refractivity contribution in [2.45, 2.75) is 330 Å². The average molecular weight is 1230 g/mol. The molecule has 3 N–H and O–H groups in total. The molecule has 0 heterocycles. The van der Waals surface area contributed by atoms with Crippen LogP contribution >= 0.6 is 15.6 Å². The summed E-state index contributed by atoms with van der Waals surface area (Å²) in [5.41, 5.74) is 0. The SMILES string of the molecule is CCCCCCCCCC(=O)OC[C@H](COP(=O)(O)OC[C@H](O)COP(=O)(O)OC[C@@H](COC(=O)CCCCCCCCCCCC(C)C)OC(=O)CCCCCCCCCCCCCCC(C)C)OC(=O)CCCCCCCCC(C)C. The zero-order chi connectivity index (χ0) is 61.7. The Morgan fingerprint density at radius 3 is 0.819 bits per heavy atom. The molecule has 0 amide bonds. The van der Waals surface area contributed by atoms with Crippen molar-refractivity contribution in [3.05, 3.63) is 0 Å². The van der Waals surface area contributed by atoms with Gasteiger partial charge in [0, 0.05) is 25.7 Å². The number of ether oxygens (including phenoxy) is 4. The molecule has 0 aromatic carbocycles. The molecule has 0 aliphatic carbocycles. The molecule has 83 heavy (non-hydrogen) atoms. The third-order valence-corrected chi connectivity index (χ3v) is 16.5. The Labute approximate surface area is 505 Å². The molecule has 0 saturated carbocycles. The van der Waals surface area contributed by atoms with Crippen molar-refractivity contribution in [2.75, 3.05) is 39.6 Å². The normalized spacial score (nSPS) is 14.4. The van der Waals surface area contributed by atoms with E-state index >= 15 is 0 Å². The largest absolute Gasteiger partial charge is 0.472 e. The standard InChI is InChI=1S/C64H124O17P2/c1-8-9-10-11-21-31-38-45-61(66)74-51-60(81-64(69)48-41-34-27-26-30-37-44-57(6)7)54-79-83(72,73)77-50-58(65)49-76-82(70,71)78-53-59(52-75-62(67)46-39-32-24-20-16-18-23-29-36-43-56(4)5)80-63(68)47-40-33-25-19-15-13-12-14-17-22-28-35-42-55(2)3/h55-60,65H,8-54H2,1-7H3,(H,70,71)(H,72,73)/t58-,59-,60-/m1/s1. The highest BCUT2D eigenvalue weighted by molar-refractivity contribution is 7.47. The highest BCUT2D eigenvalue weighted by Crippen LogP contribution is 2.45. The third kappa shape index (κ3) is 58.8. The second-order valence-electron chi connectivity index (χ2n) is 24.6. The van der Waals surface area contributed by atoms with Crippen LogP contribution in [0.4, 0.5) is 0 Å². The number of unbranched alkanes of at least 4 members (excludes halogenated alkanes) is 30. The molecular formula is C64H124O17P2. The molecule has 492 valence electrons. The second-order valence-corrected chi connectivity index (χ2v) is 27.5. The molecule has 0 aliphatic rings. The van der Waals surface area contributed by atoms with Crippen LogP contribution in [0.25, 0.3) is 0 Å². The van der Waals surface area contributed by atoms with Gasteiger partial charge in [0.25, 0.3) is 0 Å². The maximum Gasteiger partial charge on any atom is 0.472 e. The average Bonchev–Trinajstić information content (AvgIpc) is 3.43. The van der Waals surface area contributed by atoms with Crippen LogP contribution in [0.15, 0.2) is 0 Å². The van der Waals surface area contributed by atoms with Crippen molar-refractivity contribution in [1.82, 2.24) is 0 Å². The molecule has 0 aromatic heterocycles. The van der Waals surface area contributed by atoms with E-state index in [4.69, 9.17) is 37.0 Å². The highest BCUT2D eigenvalue weighted by Gasteiger charge is 2.30. The van der Waals surface area contributed by atoms with E-state index in [1.54, 1.807) is 0 Å². The lowest BCUT2D eigenvalue weighted by Gasteiger charge is -2.21. The minimum absolute atomic E-state index is 0.101. The molecule has 0 aromatic rings. The molecule has 0 spiro atoms. The molecule has 17 nitrogen and oxygen atoms in total. The molecule has 0 fully saturated rings. The summed E-state index contributed by atoms with van der Waals surface area (Å²) >= 11 is 0. The van der Waals surface area contributed by atoms with Gasteiger partial charge >= 0.3 is 39.5 Å². The number of carbonyl (C=O) groups excluding carboxylic acids is 4. The van der Waals surface area contributed by atoms with Gasteiger partial charge in [-0.3, -0.25) is 37.3 Å². The lowest BCUT2D eigenvalue weighted by atomic mass is 10.0. The monoisotopic (exact) mass is 1230 g/mol. The van der Waals surface area contributed by atoms with Crippen molar-refractivity contribution in [2.24, 2.45) is 17.8 Å². The molecule has 0 radical (unpaired) electrons. The first-order valence-electron chi connectivity index (χ1n) is 33.3. The molecule has 0 bridgehead atoms. The lowest BCUT2D eigenvalue weighted by Crippen LogP contribution is -2.30. The number of hydrogen-bond acceptors (Lipinski definition) is 15. The van der Waals surface area contributed by atoms with Gasteiger partial charge in [-0.1, -0.05) is 260 Å². The molecule has 5 atom stereocenters. The van der Waals surface area contributed by atoms with Crippen LogP contribution in [0.2, 0.25) is 0 Å². The first-order chi connectivity index (χ1) is 39.7. The van der Waals surface area contributed by atoms with Gasteiger partial charge in [-0.2, -0.15) is 0 Å². The Balaban J connectivity index is 5.21. The van der Waals surface area contributed by atoms with Crippen LogP contribution < -0.4 is 0 Å². The van der Waals surface area contributed by atoms with E-state index in [1.807, 2.05) is 0 Å². The van der Waals surface area contributed by atoms with Gasteiger partial charge in [-0.05, 0) is 43.4 Å². The number of aliphatic hydroxyl groups excluding tert-OH is 1. The number of phosphoric ester groups is 2. The summed E-state index contributed by atoms with van der Waals surface area (Å²) in [5, 5.41) is 10.5. The first-order valence-corrected chi connectivity index (χ1v) is 36.3. The summed E-state index contributed by atoms with van der Waals surface area (Å²) in [7, 11) is -9.88. The predicted octanol–water partition coefficient (Wildman–Crippen LogP) is 17.5. The number of rotatable bonds is 62. The molecule has 19 heteroatoms. The fraction of sp³-hybridized carbons (Fsp3) is 0.938. The Bertz CT molecular complexity index is 1650. The zero-order valence-corrected chi connectivity index (χ0v) is 55.4. The topological polar surface area (TPSA) is 237 Å². The van der Waals surface area contributed by atoms with E-state index in [1.165, 1.54) is 109 Å². The molecule has 0 saturated heterocycles. The first kappa shape index (κ1) is 81.1. The maximum atomic E-state index is 13.0. The van der Waals surface area contributed by atoms with Gasteiger partial charge in [0.15, 0.2) is 12.2 Å². The van der Waals surface area contributed by atoms with Gasteiger partial charge in [-0.25, -0.2) is 9.13 Å². The van der Waals surface area contributed by atoms with Crippen LogP contribution in [0.3, 0.4) is 0 Å². The van der Waals surface area contributed by atoms with Crippen LogP contribution in [-0.4, -0.2) is 96.7 Å². The van der Waals surface area contributed by atoms with Crippen LogP contribution in [0, 0.1) is 17.8 Å². The number of hydrogen-bond donors (Lipinski definition) is 3. The highest BCUT2D eigenvalue weighted by atomic mass is 31.2. The summed E-state index contributed by atoms with van der Waals surface area (Å²) in [6.45, 7) is 11.7. The van der Waals surface area contributed by atoms with Gasteiger partial charge in [0.2, 0.25) is 0 Å². The van der Waals surface area contributed by atoms with Crippen molar-refractivity contribution < 1.29 is 80.2 Å². The molecule has 0 aliphatic heterocycles. The Kier molecular flexibility index (Phi) is 54.1. The fourth-order valence-corrected chi connectivity index (χ4v) is 11.1. The number of carbonyl (C=O) groups is 4.